The molecular formula is C24H23N7O. The zero-order valence-electron chi connectivity index (χ0n) is 18.3. The maximum Gasteiger partial charge on any atom is 0.235 e. The molecule has 2 aromatic heterocycles. The largest absolute Gasteiger partial charge is 0.437 e. The van der Waals surface area contributed by atoms with Gasteiger partial charge in [-0.1, -0.05) is 12.1 Å². The second-order valence-electron chi connectivity index (χ2n) is 9.88. The van der Waals surface area contributed by atoms with Crippen LogP contribution in [0.1, 0.15) is 48.3 Å². The quantitative estimate of drug-likeness (QED) is 0.650. The van der Waals surface area contributed by atoms with E-state index in [2.05, 4.69) is 39.7 Å². The molecule has 2 heterocycles. The number of hydrogen-bond acceptors (Lipinski definition) is 7. The summed E-state index contributed by atoms with van der Waals surface area (Å²) in [7, 11) is 1.85. The summed E-state index contributed by atoms with van der Waals surface area (Å²) in [6.45, 7) is 4.05. The number of hydrogen-bond donors (Lipinski definition) is 1. The smallest absolute Gasteiger partial charge is 0.235 e. The molecule has 4 aliphatic rings. The van der Waals surface area contributed by atoms with E-state index in [0.717, 1.165) is 47.9 Å². The van der Waals surface area contributed by atoms with Gasteiger partial charge in [-0.25, -0.2) is 0 Å². The Morgan fingerprint density at radius 1 is 1.16 bits per heavy atom. The highest BCUT2D eigenvalue weighted by Gasteiger charge is 2.69. The first-order valence-electron chi connectivity index (χ1n) is 10.9. The van der Waals surface area contributed by atoms with Crippen LogP contribution in [0, 0.1) is 47.8 Å². The van der Waals surface area contributed by atoms with Crippen molar-refractivity contribution in [3.63, 3.8) is 0 Å². The first-order valence-corrected chi connectivity index (χ1v) is 10.9. The summed E-state index contributed by atoms with van der Waals surface area (Å²) in [5.74, 6) is 2.18. The molecule has 0 aliphatic heterocycles. The molecule has 4 saturated carbocycles. The van der Waals surface area contributed by atoms with Gasteiger partial charge in [0.05, 0.1) is 23.5 Å². The predicted molar refractivity (Wildman–Crippen MR) is 117 cm³/mol. The Hall–Kier alpha value is -3.65. The maximum atomic E-state index is 9.30. The predicted octanol–water partition coefficient (Wildman–Crippen LogP) is 4.26. The van der Waals surface area contributed by atoms with Crippen molar-refractivity contribution in [3.8, 4) is 23.8 Å². The summed E-state index contributed by atoms with van der Waals surface area (Å²) in [6.07, 6.45) is 5.30. The Kier molecular flexibility index (Phi) is 3.69. The fourth-order valence-corrected chi connectivity index (χ4v) is 5.56. The molecule has 0 unspecified atom stereocenters. The van der Waals surface area contributed by atoms with E-state index in [9.17, 15) is 5.26 Å². The van der Waals surface area contributed by atoms with Gasteiger partial charge in [0.1, 0.15) is 11.1 Å². The molecule has 1 N–H and O–H groups in total. The Balaban J connectivity index is 1.33. The number of fused-ring (bicyclic) bond motifs is 1. The molecule has 0 radical (unpaired) electrons. The van der Waals surface area contributed by atoms with Gasteiger partial charge in [-0.2, -0.15) is 25.6 Å². The van der Waals surface area contributed by atoms with Gasteiger partial charge in [-0.15, -0.1) is 0 Å². The average molecular weight is 425 g/mol. The molecule has 160 valence electrons. The van der Waals surface area contributed by atoms with Gasteiger partial charge in [-0.3, -0.25) is 4.68 Å². The first kappa shape index (κ1) is 19.1. The molecular weight excluding hydrogens is 402 g/mol. The van der Waals surface area contributed by atoms with Crippen LogP contribution < -0.4 is 10.1 Å². The number of benzene rings is 1. The molecule has 0 spiro atoms. The lowest BCUT2D eigenvalue weighted by Gasteiger charge is -2.66. The lowest BCUT2D eigenvalue weighted by atomic mass is 9.40. The van der Waals surface area contributed by atoms with Crippen molar-refractivity contribution in [2.75, 3.05) is 5.32 Å². The lowest BCUT2D eigenvalue weighted by Crippen LogP contribution is -2.70. The highest BCUT2D eigenvalue weighted by molar-refractivity contribution is 5.81. The molecule has 0 amide bonds. The molecule has 0 saturated heterocycles. The van der Waals surface area contributed by atoms with Crippen molar-refractivity contribution in [1.82, 2.24) is 19.7 Å². The van der Waals surface area contributed by atoms with E-state index in [1.54, 1.807) is 4.68 Å². The van der Waals surface area contributed by atoms with E-state index in [0.29, 0.717) is 23.4 Å². The Morgan fingerprint density at radius 3 is 2.50 bits per heavy atom. The second-order valence-corrected chi connectivity index (χ2v) is 9.88. The molecule has 2 atom stereocenters. The van der Waals surface area contributed by atoms with Crippen LogP contribution in [0.15, 0.2) is 18.3 Å². The highest BCUT2D eigenvalue weighted by Crippen LogP contribution is 2.67. The van der Waals surface area contributed by atoms with Crippen LogP contribution in [-0.4, -0.2) is 25.3 Å². The SMILES string of the molecule is Cc1cc([C@@H]2C[C@H]2C#N)cc(C)c1Oc1nc(NC23CC(C#N)(C2)C3)nc2nn(C)cc12. The van der Waals surface area contributed by atoms with Crippen molar-refractivity contribution in [2.45, 2.75) is 51.0 Å². The number of rotatable bonds is 5. The fourth-order valence-electron chi connectivity index (χ4n) is 5.56. The van der Waals surface area contributed by atoms with Crippen LogP contribution in [0.4, 0.5) is 5.95 Å². The summed E-state index contributed by atoms with van der Waals surface area (Å²) < 4.78 is 8.08. The summed E-state index contributed by atoms with van der Waals surface area (Å²) in [5.41, 5.74) is 3.58. The van der Waals surface area contributed by atoms with Gasteiger partial charge in [0.2, 0.25) is 11.8 Å². The topological polar surface area (TPSA) is 112 Å². The van der Waals surface area contributed by atoms with Crippen LogP contribution in [0.25, 0.3) is 11.0 Å². The molecule has 1 aromatic carbocycles. The van der Waals surface area contributed by atoms with Crippen molar-refractivity contribution in [2.24, 2.45) is 18.4 Å². The van der Waals surface area contributed by atoms with E-state index >= 15 is 0 Å². The summed E-state index contributed by atoms with van der Waals surface area (Å²) in [4.78, 5) is 9.30. The number of aromatic nitrogens is 4. The van der Waals surface area contributed by atoms with E-state index in [1.807, 2.05) is 27.1 Å². The number of ether oxygens (including phenoxy) is 1. The minimum absolute atomic E-state index is 0.0789. The van der Waals surface area contributed by atoms with Gasteiger partial charge >= 0.3 is 0 Å². The average Bonchev–Trinajstić information content (AvgIpc) is 3.39. The maximum absolute atomic E-state index is 9.30. The van der Waals surface area contributed by atoms with Crippen molar-refractivity contribution < 1.29 is 4.74 Å². The van der Waals surface area contributed by atoms with E-state index in [-0.39, 0.29) is 16.9 Å². The third-order valence-electron chi connectivity index (χ3n) is 7.17. The Morgan fingerprint density at radius 2 is 1.88 bits per heavy atom. The lowest BCUT2D eigenvalue weighted by molar-refractivity contribution is -0.0665. The van der Waals surface area contributed by atoms with Crippen molar-refractivity contribution in [3.05, 3.63) is 35.0 Å². The number of nitrogens with one attached hydrogen (secondary N) is 1. The molecule has 8 heteroatoms. The molecule has 2 bridgehead atoms. The molecule has 32 heavy (non-hydrogen) atoms. The van der Waals surface area contributed by atoms with Crippen LogP contribution in [0.5, 0.6) is 11.6 Å². The summed E-state index contributed by atoms with van der Waals surface area (Å²) >= 11 is 0. The normalized spacial score (nSPS) is 29.4. The Bertz CT molecular complexity index is 1330. The van der Waals surface area contributed by atoms with Crippen molar-refractivity contribution >= 4 is 17.0 Å². The number of nitrogens with zero attached hydrogens (tertiary/aromatic N) is 6. The van der Waals surface area contributed by atoms with Gasteiger partial charge in [0.25, 0.3) is 0 Å². The summed E-state index contributed by atoms with van der Waals surface area (Å²) in [6, 6.07) is 9.03. The molecule has 4 aliphatic carbocycles. The zero-order valence-corrected chi connectivity index (χ0v) is 18.3. The third-order valence-corrected chi connectivity index (χ3v) is 7.17. The first-order chi connectivity index (χ1) is 15.3. The van der Waals surface area contributed by atoms with Gasteiger partial charge in [0, 0.05) is 24.7 Å². The minimum Gasteiger partial charge on any atom is -0.437 e. The van der Waals surface area contributed by atoms with Crippen molar-refractivity contribution in [1.29, 1.82) is 10.5 Å². The fraction of sp³-hybridized carbons (Fsp3) is 0.458. The molecule has 4 fully saturated rings. The van der Waals surface area contributed by atoms with Crippen LogP contribution in [0.3, 0.4) is 0 Å². The number of aryl methyl sites for hydroxylation is 3. The zero-order chi connectivity index (χ0) is 22.3. The van der Waals surface area contributed by atoms with E-state index in [1.165, 1.54) is 5.56 Å². The minimum atomic E-state index is -0.149. The van der Waals surface area contributed by atoms with Gasteiger partial charge < -0.3 is 10.1 Å². The third kappa shape index (κ3) is 2.76. The van der Waals surface area contributed by atoms with Crippen LogP contribution in [-0.2, 0) is 7.05 Å². The number of anilines is 1. The molecule has 7 rings (SSSR count). The van der Waals surface area contributed by atoms with E-state index < -0.39 is 0 Å². The highest BCUT2D eigenvalue weighted by atomic mass is 16.5. The molecule has 8 nitrogen and oxygen atoms in total. The van der Waals surface area contributed by atoms with Gasteiger partial charge in [-0.05, 0) is 56.2 Å². The van der Waals surface area contributed by atoms with E-state index in [4.69, 9.17) is 15.0 Å². The summed E-state index contributed by atoms with van der Waals surface area (Å²) in [5, 5.41) is 27.1. The molecule has 3 aromatic rings. The van der Waals surface area contributed by atoms with Crippen LogP contribution in [0.2, 0.25) is 0 Å². The number of nitriles is 2. The second kappa shape index (κ2) is 6.20. The van der Waals surface area contributed by atoms with Gasteiger partial charge in [0.15, 0.2) is 5.65 Å². The standard InChI is InChI=1S/C24H23N7O/c1-13-4-15(17-6-16(17)7-25)5-14(2)19(13)32-21-18-8-31(3)30-20(18)27-22(28-21)29-24-9-23(10-24,11-24)12-26/h4-5,8,16-17H,6,9-11H2,1-3H3,(H,27,29,30)/t16-,17-,23?,24?/m0/s1. The Labute approximate surface area is 185 Å². The van der Waals surface area contributed by atoms with Crippen LogP contribution >= 0.6 is 0 Å². The monoisotopic (exact) mass is 425 g/mol.